The normalized spacial score (nSPS) is 11.4. The van der Waals surface area contributed by atoms with E-state index in [0.717, 1.165) is 36.0 Å². The number of hydrogen-bond donors (Lipinski definition) is 0. The summed E-state index contributed by atoms with van der Waals surface area (Å²) in [6, 6.07) is 16.9. The van der Waals surface area contributed by atoms with E-state index in [2.05, 4.69) is 51.1 Å². The summed E-state index contributed by atoms with van der Waals surface area (Å²) in [6.45, 7) is 7.37. The van der Waals surface area contributed by atoms with Crippen LogP contribution >= 0.6 is 0 Å². The fraction of sp³-hybridized carbons (Fsp3) is 0.667. The van der Waals surface area contributed by atoms with Crippen LogP contribution in [0.1, 0.15) is 167 Å². The van der Waals surface area contributed by atoms with Gasteiger partial charge in [-0.2, -0.15) is 0 Å². The first-order valence-corrected chi connectivity index (χ1v) is 17.6. The molecule has 0 heterocycles. The van der Waals surface area contributed by atoms with Crippen LogP contribution in [0.2, 0.25) is 0 Å². The molecule has 231 valence electrons. The van der Waals surface area contributed by atoms with Crippen LogP contribution in [0.4, 0.5) is 0 Å². The van der Waals surface area contributed by atoms with Gasteiger partial charge >= 0.3 is 0 Å². The van der Waals surface area contributed by atoms with Crippen molar-refractivity contribution in [1.29, 1.82) is 0 Å². The summed E-state index contributed by atoms with van der Waals surface area (Å²) in [4.78, 5) is 0. The van der Waals surface area contributed by atoms with Gasteiger partial charge in [0.05, 0.1) is 0 Å². The van der Waals surface area contributed by atoms with Crippen LogP contribution in [0.25, 0.3) is 0 Å². The van der Waals surface area contributed by atoms with E-state index in [1.54, 1.807) is 0 Å². The van der Waals surface area contributed by atoms with Crippen molar-refractivity contribution >= 4 is 0 Å². The molecule has 41 heavy (non-hydrogen) atoms. The van der Waals surface area contributed by atoms with E-state index in [4.69, 9.17) is 9.47 Å². The maximum atomic E-state index is 6.59. The van der Waals surface area contributed by atoms with E-state index in [9.17, 15) is 0 Å². The third-order valence-electron chi connectivity index (χ3n) is 8.24. The van der Waals surface area contributed by atoms with Crippen LogP contribution in [-0.2, 0) is 11.2 Å². The Bertz CT molecular complexity index is 846. The third kappa shape index (κ3) is 16.4. The van der Waals surface area contributed by atoms with Gasteiger partial charge in [-0.15, -0.1) is 0 Å². The zero-order valence-electron chi connectivity index (χ0n) is 27.2. The molecule has 0 unspecified atom stereocenters. The average molecular weight is 564 g/mol. The summed E-state index contributed by atoms with van der Waals surface area (Å²) in [5.74, 6) is 1.90. The maximum Gasteiger partial charge on any atom is 0.136 e. The number of ether oxygens (including phenoxy) is 2. The second-order valence-corrected chi connectivity index (χ2v) is 11.9. The lowest BCUT2D eigenvalue weighted by Crippen LogP contribution is -2.09. The summed E-state index contributed by atoms with van der Waals surface area (Å²) in [5.41, 5.74) is 2.45. The Labute approximate surface area is 255 Å². The molecular formula is C39H63O2. The van der Waals surface area contributed by atoms with Crippen LogP contribution in [0.15, 0.2) is 48.5 Å². The highest BCUT2D eigenvalue weighted by Gasteiger charge is 2.21. The smallest absolute Gasteiger partial charge is 0.136 e. The lowest BCUT2D eigenvalue weighted by atomic mass is 9.96. The van der Waals surface area contributed by atoms with Gasteiger partial charge in [0, 0.05) is 12.2 Å². The second kappa shape index (κ2) is 24.8. The average Bonchev–Trinajstić information content (AvgIpc) is 2.99. The van der Waals surface area contributed by atoms with Crippen molar-refractivity contribution in [3.63, 3.8) is 0 Å². The topological polar surface area (TPSA) is 18.5 Å². The van der Waals surface area contributed by atoms with E-state index in [0.29, 0.717) is 6.61 Å². The molecule has 0 bridgehead atoms. The van der Waals surface area contributed by atoms with Crippen LogP contribution in [0.5, 0.6) is 11.5 Å². The van der Waals surface area contributed by atoms with Crippen LogP contribution < -0.4 is 4.74 Å². The minimum atomic E-state index is 0.695. The molecule has 2 nitrogen and oxygen atoms in total. The van der Waals surface area contributed by atoms with Gasteiger partial charge in [0.25, 0.3) is 0 Å². The molecule has 0 atom stereocenters. The van der Waals surface area contributed by atoms with Crippen molar-refractivity contribution in [1.82, 2.24) is 0 Å². The Morgan fingerprint density at radius 2 is 1.02 bits per heavy atom. The monoisotopic (exact) mass is 563 g/mol. The molecule has 2 heteroatoms. The van der Waals surface area contributed by atoms with Crippen LogP contribution in [0.3, 0.4) is 0 Å². The quantitative estimate of drug-likeness (QED) is 0.101. The van der Waals surface area contributed by atoms with E-state index in [1.807, 2.05) is 18.2 Å². The molecule has 2 rings (SSSR count). The number of para-hydroxylation sites is 2. The Kier molecular flexibility index (Phi) is 21.4. The molecule has 0 fully saturated rings. The highest BCUT2D eigenvalue weighted by molar-refractivity contribution is 5.49. The third-order valence-corrected chi connectivity index (χ3v) is 8.24. The maximum absolute atomic E-state index is 6.59. The van der Waals surface area contributed by atoms with Crippen molar-refractivity contribution in [3.8, 4) is 11.5 Å². The number of hydrogen-bond acceptors (Lipinski definition) is 2. The molecule has 2 aromatic carbocycles. The Morgan fingerprint density at radius 3 is 1.56 bits per heavy atom. The van der Waals surface area contributed by atoms with E-state index in [1.165, 1.54) is 134 Å². The first-order chi connectivity index (χ1) is 20.3. The predicted octanol–water partition coefficient (Wildman–Crippen LogP) is 13.2. The molecule has 0 aliphatic rings. The number of unbranched alkanes of at least 4 members (excludes halogenated alkanes) is 18. The van der Waals surface area contributed by atoms with E-state index < -0.39 is 0 Å². The largest absolute Gasteiger partial charge is 0.457 e. The van der Waals surface area contributed by atoms with Crippen LogP contribution in [0, 0.1) is 6.10 Å². The molecule has 1 radical (unpaired) electrons. The van der Waals surface area contributed by atoms with Gasteiger partial charge in [-0.25, -0.2) is 0 Å². The number of benzene rings is 2. The molecule has 0 aliphatic heterocycles. The molecule has 0 spiro atoms. The number of rotatable bonds is 27. The van der Waals surface area contributed by atoms with Crippen LogP contribution in [-0.4, -0.2) is 6.61 Å². The van der Waals surface area contributed by atoms with Crippen molar-refractivity contribution in [2.75, 3.05) is 6.61 Å². The van der Waals surface area contributed by atoms with Crippen molar-refractivity contribution in [3.05, 3.63) is 65.8 Å². The zero-order chi connectivity index (χ0) is 29.2. The van der Waals surface area contributed by atoms with Gasteiger partial charge in [-0.3, -0.25) is 0 Å². The minimum Gasteiger partial charge on any atom is -0.457 e. The van der Waals surface area contributed by atoms with Gasteiger partial charge in [-0.1, -0.05) is 172 Å². The molecule has 0 aromatic heterocycles. The SMILES string of the molecule is CCCCCCCCCCCCCCCC[C](OCC)c1cccc(CCCCCCCC)c1Oc1ccccc1. The predicted molar refractivity (Wildman–Crippen MR) is 179 cm³/mol. The Hall–Kier alpha value is -1.80. The Morgan fingerprint density at radius 1 is 0.512 bits per heavy atom. The molecular weight excluding hydrogens is 500 g/mol. The first-order valence-electron chi connectivity index (χ1n) is 17.6. The standard InChI is InChI=1S/C39H63O2/c1-4-7-9-11-13-14-15-16-17-18-19-20-22-27-34-38(40-6-3)37-33-28-30-35(29-24-21-12-10-8-5-2)39(37)41-36-31-25-23-26-32-36/h23,25-26,28,30-33H,4-22,24,27,29,34H2,1-3H3. The summed E-state index contributed by atoms with van der Waals surface area (Å²) >= 11 is 0. The van der Waals surface area contributed by atoms with Gasteiger partial charge in [-0.05, 0) is 43.9 Å². The molecule has 0 amide bonds. The van der Waals surface area contributed by atoms with Gasteiger partial charge in [0.1, 0.15) is 17.6 Å². The van der Waals surface area contributed by atoms with Crippen molar-refractivity contribution < 1.29 is 9.47 Å². The lowest BCUT2D eigenvalue weighted by molar-refractivity contribution is 0.162. The van der Waals surface area contributed by atoms with Gasteiger partial charge in [0.15, 0.2) is 0 Å². The minimum absolute atomic E-state index is 0.695. The van der Waals surface area contributed by atoms with E-state index in [-0.39, 0.29) is 0 Å². The second-order valence-electron chi connectivity index (χ2n) is 11.9. The fourth-order valence-electron chi connectivity index (χ4n) is 5.76. The molecule has 2 aromatic rings. The fourth-order valence-corrected chi connectivity index (χ4v) is 5.76. The highest BCUT2D eigenvalue weighted by atomic mass is 16.5. The summed E-state index contributed by atoms with van der Waals surface area (Å²) in [5, 5.41) is 0. The van der Waals surface area contributed by atoms with Gasteiger partial charge < -0.3 is 9.47 Å². The summed E-state index contributed by atoms with van der Waals surface area (Å²) in [6.07, 6.45) is 30.3. The molecule has 0 N–H and O–H groups in total. The van der Waals surface area contributed by atoms with E-state index >= 15 is 0 Å². The first kappa shape index (κ1) is 35.4. The molecule has 0 aliphatic carbocycles. The summed E-state index contributed by atoms with van der Waals surface area (Å²) in [7, 11) is 0. The van der Waals surface area contributed by atoms with Crippen molar-refractivity contribution in [2.24, 2.45) is 0 Å². The Balaban J connectivity index is 1.83. The number of aryl methyl sites for hydroxylation is 1. The summed E-state index contributed by atoms with van der Waals surface area (Å²) < 4.78 is 12.9. The van der Waals surface area contributed by atoms with Crippen molar-refractivity contribution in [2.45, 2.75) is 162 Å². The lowest BCUT2D eigenvalue weighted by Gasteiger charge is -2.22. The van der Waals surface area contributed by atoms with Gasteiger partial charge in [0.2, 0.25) is 0 Å². The molecule has 0 saturated heterocycles. The zero-order valence-corrected chi connectivity index (χ0v) is 27.2. The highest BCUT2D eigenvalue weighted by Crippen LogP contribution is 2.37. The molecule has 0 saturated carbocycles.